The summed E-state index contributed by atoms with van der Waals surface area (Å²) < 4.78 is 28.2. The molecule has 0 aliphatic carbocycles. The van der Waals surface area contributed by atoms with Crippen LogP contribution < -0.4 is 9.62 Å². The van der Waals surface area contributed by atoms with Gasteiger partial charge in [0.1, 0.15) is 4.21 Å². The SMILES string of the molecule is CC(C)(CC(=O)N1CCN(c2ccccc2)CC1)NS(=O)(=O)c1ccc(Cl)s1. The number of para-hydroxylation sites is 1. The standard InChI is InChI=1S/C19H24ClN3O3S2/c1-19(2,21-28(25,26)18-9-8-16(20)27-18)14-17(24)23-12-10-22(11-13-23)15-6-4-3-5-7-15/h3-9,21H,10-14H2,1-2H3. The molecule has 1 aromatic heterocycles. The van der Waals surface area contributed by atoms with Gasteiger partial charge in [-0.2, -0.15) is 0 Å². The molecule has 0 saturated carbocycles. The van der Waals surface area contributed by atoms with Crippen LogP contribution in [0.15, 0.2) is 46.7 Å². The molecule has 2 aromatic rings. The maximum absolute atomic E-state index is 12.7. The molecule has 1 aliphatic rings. The number of hydrogen-bond donors (Lipinski definition) is 1. The van der Waals surface area contributed by atoms with Crippen LogP contribution in [0.25, 0.3) is 0 Å². The quantitative estimate of drug-likeness (QED) is 0.747. The van der Waals surface area contributed by atoms with Crippen molar-refractivity contribution in [2.45, 2.75) is 30.0 Å². The van der Waals surface area contributed by atoms with E-state index in [1.807, 2.05) is 18.2 Å². The maximum atomic E-state index is 12.7. The van der Waals surface area contributed by atoms with Crippen LogP contribution in [0.1, 0.15) is 20.3 Å². The highest BCUT2D eigenvalue weighted by atomic mass is 35.5. The molecular formula is C19H24ClN3O3S2. The van der Waals surface area contributed by atoms with Gasteiger partial charge in [0, 0.05) is 43.8 Å². The van der Waals surface area contributed by atoms with Gasteiger partial charge in [0.15, 0.2) is 0 Å². The van der Waals surface area contributed by atoms with E-state index in [0.717, 1.165) is 30.1 Å². The molecular weight excluding hydrogens is 418 g/mol. The Hall–Kier alpha value is -1.61. The number of benzene rings is 1. The summed E-state index contributed by atoms with van der Waals surface area (Å²) in [6.45, 7) is 6.20. The molecule has 0 bridgehead atoms. The van der Waals surface area contributed by atoms with Crippen LogP contribution in [-0.4, -0.2) is 50.9 Å². The van der Waals surface area contributed by atoms with Gasteiger partial charge in [0.25, 0.3) is 10.0 Å². The third-order valence-corrected chi connectivity index (χ3v) is 7.99. The van der Waals surface area contributed by atoms with Gasteiger partial charge >= 0.3 is 0 Å². The summed E-state index contributed by atoms with van der Waals surface area (Å²) in [4.78, 5) is 16.8. The van der Waals surface area contributed by atoms with Crippen LogP contribution in [-0.2, 0) is 14.8 Å². The smallest absolute Gasteiger partial charge is 0.250 e. The zero-order valence-electron chi connectivity index (χ0n) is 15.9. The number of thiophene rings is 1. The van der Waals surface area contributed by atoms with E-state index in [1.165, 1.54) is 6.07 Å². The lowest BCUT2D eigenvalue weighted by Gasteiger charge is -2.37. The van der Waals surface area contributed by atoms with Gasteiger partial charge in [0.05, 0.1) is 4.34 Å². The lowest BCUT2D eigenvalue weighted by molar-refractivity contribution is -0.132. The zero-order chi connectivity index (χ0) is 20.4. The van der Waals surface area contributed by atoms with Gasteiger partial charge in [-0.3, -0.25) is 4.79 Å². The molecule has 1 N–H and O–H groups in total. The van der Waals surface area contributed by atoms with E-state index >= 15 is 0 Å². The number of nitrogens with zero attached hydrogens (tertiary/aromatic N) is 2. The van der Waals surface area contributed by atoms with Crippen molar-refractivity contribution in [1.82, 2.24) is 9.62 Å². The van der Waals surface area contributed by atoms with Gasteiger partial charge in [0.2, 0.25) is 5.91 Å². The van der Waals surface area contributed by atoms with Gasteiger partial charge < -0.3 is 9.80 Å². The Morgan fingerprint density at radius 2 is 1.75 bits per heavy atom. The van der Waals surface area contributed by atoms with Crippen molar-refractivity contribution in [2.75, 3.05) is 31.1 Å². The van der Waals surface area contributed by atoms with E-state index in [4.69, 9.17) is 11.6 Å². The Morgan fingerprint density at radius 1 is 1.11 bits per heavy atom. The van der Waals surface area contributed by atoms with Gasteiger partial charge in [-0.1, -0.05) is 29.8 Å². The topological polar surface area (TPSA) is 69.7 Å². The van der Waals surface area contributed by atoms with E-state index in [9.17, 15) is 13.2 Å². The Morgan fingerprint density at radius 3 is 2.32 bits per heavy atom. The number of piperazine rings is 1. The van der Waals surface area contributed by atoms with Gasteiger partial charge in [-0.15, -0.1) is 11.3 Å². The number of hydrogen-bond acceptors (Lipinski definition) is 5. The molecule has 28 heavy (non-hydrogen) atoms. The molecule has 1 aliphatic heterocycles. The van der Waals surface area contributed by atoms with Crippen LogP contribution in [0, 0.1) is 0 Å². The molecule has 9 heteroatoms. The van der Waals surface area contributed by atoms with Crippen molar-refractivity contribution >= 4 is 44.6 Å². The Labute approximate surface area is 175 Å². The molecule has 0 radical (unpaired) electrons. The minimum absolute atomic E-state index is 0.0513. The second-order valence-electron chi connectivity index (χ2n) is 7.43. The molecule has 0 atom stereocenters. The summed E-state index contributed by atoms with van der Waals surface area (Å²) in [6.07, 6.45) is 0.0939. The molecule has 1 saturated heterocycles. The number of rotatable bonds is 6. The van der Waals surface area contributed by atoms with E-state index in [1.54, 1.807) is 24.8 Å². The predicted molar refractivity (Wildman–Crippen MR) is 114 cm³/mol. The number of carbonyl (C=O) groups is 1. The molecule has 152 valence electrons. The second-order valence-corrected chi connectivity index (χ2v) is 11.1. The summed E-state index contributed by atoms with van der Waals surface area (Å²) in [6, 6.07) is 13.1. The van der Waals surface area contributed by atoms with Crippen molar-refractivity contribution in [2.24, 2.45) is 0 Å². The first-order valence-corrected chi connectivity index (χ1v) is 11.7. The molecule has 0 spiro atoms. The highest BCUT2D eigenvalue weighted by molar-refractivity contribution is 7.91. The third-order valence-electron chi connectivity index (χ3n) is 4.57. The number of amides is 1. The largest absolute Gasteiger partial charge is 0.368 e. The highest BCUT2D eigenvalue weighted by Gasteiger charge is 2.32. The van der Waals surface area contributed by atoms with E-state index in [2.05, 4.69) is 21.8 Å². The van der Waals surface area contributed by atoms with E-state index in [0.29, 0.717) is 17.4 Å². The first kappa shape index (κ1) is 21.1. The average molecular weight is 442 g/mol. The summed E-state index contributed by atoms with van der Waals surface area (Å²) in [5, 5.41) is 0. The fourth-order valence-electron chi connectivity index (χ4n) is 3.23. The third kappa shape index (κ3) is 5.26. The monoisotopic (exact) mass is 441 g/mol. The van der Waals surface area contributed by atoms with Crippen LogP contribution in [0.4, 0.5) is 5.69 Å². The minimum Gasteiger partial charge on any atom is -0.368 e. The molecule has 6 nitrogen and oxygen atoms in total. The number of nitrogens with one attached hydrogen (secondary N) is 1. The Bertz CT molecular complexity index is 921. The van der Waals surface area contributed by atoms with Crippen molar-refractivity contribution in [3.05, 3.63) is 46.8 Å². The molecule has 1 aromatic carbocycles. The van der Waals surface area contributed by atoms with Crippen LogP contribution in [0.5, 0.6) is 0 Å². The zero-order valence-corrected chi connectivity index (χ0v) is 18.3. The summed E-state index contributed by atoms with van der Waals surface area (Å²) in [5.74, 6) is -0.0513. The molecule has 1 fully saturated rings. The van der Waals surface area contributed by atoms with E-state index < -0.39 is 15.6 Å². The molecule has 2 heterocycles. The molecule has 3 rings (SSSR count). The maximum Gasteiger partial charge on any atom is 0.250 e. The lowest BCUT2D eigenvalue weighted by Crippen LogP contribution is -2.52. The summed E-state index contributed by atoms with van der Waals surface area (Å²) in [7, 11) is -3.71. The van der Waals surface area contributed by atoms with Gasteiger partial charge in [-0.25, -0.2) is 13.1 Å². The van der Waals surface area contributed by atoms with Gasteiger partial charge in [-0.05, 0) is 38.1 Å². The average Bonchev–Trinajstić information content (AvgIpc) is 3.09. The summed E-state index contributed by atoms with van der Waals surface area (Å²) >= 11 is 6.84. The van der Waals surface area contributed by atoms with Crippen LogP contribution in [0.3, 0.4) is 0 Å². The molecule has 1 amide bonds. The fraction of sp³-hybridized carbons (Fsp3) is 0.421. The van der Waals surface area contributed by atoms with Crippen molar-refractivity contribution in [3.8, 4) is 0 Å². The van der Waals surface area contributed by atoms with Crippen molar-refractivity contribution in [1.29, 1.82) is 0 Å². The predicted octanol–water partition coefficient (Wildman–Crippen LogP) is 3.20. The van der Waals surface area contributed by atoms with Crippen LogP contribution in [0.2, 0.25) is 4.34 Å². The number of anilines is 1. The first-order valence-electron chi connectivity index (χ1n) is 9.03. The fourth-order valence-corrected chi connectivity index (χ4v) is 6.13. The lowest BCUT2D eigenvalue weighted by atomic mass is 10.0. The second kappa shape index (κ2) is 8.41. The van der Waals surface area contributed by atoms with Crippen molar-refractivity contribution in [3.63, 3.8) is 0 Å². The highest BCUT2D eigenvalue weighted by Crippen LogP contribution is 2.27. The Kier molecular flexibility index (Phi) is 6.34. The number of halogens is 1. The van der Waals surface area contributed by atoms with E-state index in [-0.39, 0.29) is 16.5 Å². The number of carbonyl (C=O) groups excluding carboxylic acids is 1. The number of sulfonamides is 1. The summed E-state index contributed by atoms with van der Waals surface area (Å²) in [5.41, 5.74) is 0.250. The minimum atomic E-state index is -3.71. The normalized spacial score (nSPS) is 15.7. The first-order chi connectivity index (χ1) is 13.2. The molecule has 0 unspecified atom stereocenters. The van der Waals surface area contributed by atoms with Crippen LogP contribution >= 0.6 is 22.9 Å². The van der Waals surface area contributed by atoms with Crippen molar-refractivity contribution < 1.29 is 13.2 Å². The Balaban J connectivity index is 1.56.